The highest BCUT2D eigenvalue weighted by Crippen LogP contribution is 2.32. The summed E-state index contributed by atoms with van der Waals surface area (Å²) in [5.74, 6) is -1.85. The van der Waals surface area contributed by atoms with Crippen molar-refractivity contribution in [1.82, 2.24) is 5.32 Å². The summed E-state index contributed by atoms with van der Waals surface area (Å²) in [5, 5.41) is 12.0. The van der Waals surface area contributed by atoms with Crippen LogP contribution in [0.1, 0.15) is 5.56 Å². The molecule has 3 rings (SSSR count). The van der Waals surface area contributed by atoms with Crippen LogP contribution in [0.4, 0.5) is 10.5 Å². The van der Waals surface area contributed by atoms with Crippen molar-refractivity contribution in [2.24, 2.45) is 0 Å². The van der Waals surface area contributed by atoms with Gasteiger partial charge in [-0.1, -0.05) is 40.9 Å². The molecule has 1 heterocycles. The quantitative estimate of drug-likeness (QED) is 0.577. The molecule has 6 nitrogen and oxygen atoms in total. The van der Waals surface area contributed by atoms with Gasteiger partial charge in [-0.25, -0.2) is 9.69 Å². The molecule has 0 radical (unpaired) electrons. The number of hydrogen-bond donors (Lipinski definition) is 2. The van der Waals surface area contributed by atoms with Crippen molar-refractivity contribution in [2.45, 2.75) is 0 Å². The highest BCUT2D eigenvalue weighted by molar-refractivity contribution is 6.42. The number of anilines is 1. The fraction of sp³-hybridized carbons (Fsp3) is 0. The smallest absolute Gasteiger partial charge is 0.335 e. The number of phenolic OH excluding ortho intramolecular Hbond substituents is 1. The number of hydrogen-bond acceptors (Lipinski definition) is 4. The summed E-state index contributed by atoms with van der Waals surface area (Å²) in [6, 6.07) is 7.46. The molecule has 0 spiro atoms. The van der Waals surface area contributed by atoms with Gasteiger partial charge in [0.15, 0.2) is 0 Å². The first-order chi connectivity index (χ1) is 12.3. The zero-order valence-corrected chi connectivity index (χ0v) is 15.1. The second-order valence-electron chi connectivity index (χ2n) is 5.26. The number of rotatable bonds is 2. The molecule has 2 N–H and O–H groups in total. The van der Waals surface area contributed by atoms with Gasteiger partial charge in [0.2, 0.25) is 0 Å². The number of imide groups is 2. The van der Waals surface area contributed by atoms with E-state index in [1.165, 1.54) is 42.5 Å². The van der Waals surface area contributed by atoms with E-state index >= 15 is 0 Å². The van der Waals surface area contributed by atoms with E-state index in [2.05, 4.69) is 5.32 Å². The molecule has 2 aromatic rings. The van der Waals surface area contributed by atoms with Crippen molar-refractivity contribution >= 4 is 64.4 Å². The minimum Gasteiger partial charge on any atom is -0.506 e. The van der Waals surface area contributed by atoms with Gasteiger partial charge in [0.05, 0.1) is 15.7 Å². The van der Waals surface area contributed by atoms with Crippen LogP contribution in [-0.4, -0.2) is 23.0 Å². The second kappa shape index (κ2) is 6.99. The number of phenols is 1. The molecule has 9 heteroatoms. The SMILES string of the molecule is O=C1NC(=O)N(c2ccc(Cl)cc2Cl)C(=O)/C1=C/c1ccc(O)c(Cl)c1. The number of urea groups is 1. The lowest BCUT2D eigenvalue weighted by Crippen LogP contribution is -2.54. The van der Waals surface area contributed by atoms with E-state index in [1.54, 1.807) is 0 Å². The molecule has 1 aliphatic rings. The van der Waals surface area contributed by atoms with Crippen LogP contribution in [0.15, 0.2) is 42.0 Å². The number of nitrogens with one attached hydrogen (secondary N) is 1. The molecule has 1 saturated heterocycles. The van der Waals surface area contributed by atoms with Crippen molar-refractivity contribution in [3.63, 3.8) is 0 Å². The Bertz CT molecular complexity index is 988. The maximum atomic E-state index is 12.7. The fourth-order valence-electron chi connectivity index (χ4n) is 2.32. The number of benzene rings is 2. The first-order valence-corrected chi connectivity index (χ1v) is 8.26. The maximum Gasteiger partial charge on any atom is 0.335 e. The fourth-order valence-corrected chi connectivity index (χ4v) is 3.00. The van der Waals surface area contributed by atoms with E-state index in [4.69, 9.17) is 34.8 Å². The highest BCUT2D eigenvalue weighted by atomic mass is 35.5. The molecule has 4 amide bonds. The predicted molar refractivity (Wildman–Crippen MR) is 98.6 cm³/mol. The Morgan fingerprint density at radius 2 is 1.69 bits per heavy atom. The van der Waals surface area contributed by atoms with E-state index < -0.39 is 17.8 Å². The number of barbiturate groups is 1. The number of nitrogens with zero attached hydrogens (tertiary/aromatic N) is 1. The van der Waals surface area contributed by atoms with Gasteiger partial charge in [0.25, 0.3) is 11.8 Å². The van der Waals surface area contributed by atoms with Gasteiger partial charge in [0, 0.05) is 5.02 Å². The van der Waals surface area contributed by atoms with Crippen molar-refractivity contribution in [3.05, 3.63) is 62.6 Å². The Labute approximate surface area is 162 Å². The first kappa shape index (κ1) is 18.3. The zero-order valence-electron chi connectivity index (χ0n) is 12.8. The van der Waals surface area contributed by atoms with Crippen molar-refractivity contribution < 1.29 is 19.5 Å². The summed E-state index contributed by atoms with van der Waals surface area (Å²) in [6.45, 7) is 0. The van der Waals surface area contributed by atoms with Crippen LogP contribution in [0, 0.1) is 0 Å². The van der Waals surface area contributed by atoms with E-state index in [9.17, 15) is 19.5 Å². The standard InChI is InChI=1S/C17H9Cl3N2O4/c18-9-2-3-13(11(19)7-9)22-16(25)10(15(24)21-17(22)26)5-8-1-4-14(23)12(20)6-8/h1-7,23H,(H,21,24,26)/b10-5+. The molecule has 0 bridgehead atoms. The van der Waals surface area contributed by atoms with Gasteiger partial charge >= 0.3 is 6.03 Å². The molecule has 132 valence electrons. The molecule has 0 unspecified atom stereocenters. The Hall–Kier alpha value is -2.54. The minimum absolute atomic E-state index is 0.0525. The summed E-state index contributed by atoms with van der Waals surface area (Å²) >= 11 is 17.7. The maximum absolute atomic E-state index is 12.7. The van der Waals surface area contributed by atoms with E-state index in [0.717, 1.165) is 4.90 Å². The lowest BCUT2D eigenvalue weighted by molar-refractivity contribution is -0.122. The van der Waals surface area contributed by atoms with Gasteiger partial charge in [-0.2, -0.15) is 0 Å². The molecule has 26 heavy (non-hydrogen) atoms. The number of carbonyl (C=O) groups excluding carboxylic acids is 3. The van der Waals surface area contributed by atoms with E-state index in [1.807, 2.05) is 0 Å². The lowest BCUT2D eigenvalue weighted by atomic mass is 10.1. The number of halogens is 3. The van der Waals surface area contributed by atoms with Crippen LogP contribution in [-0.2, 0) is 9.59 Å². The molecule has 0 aromatic heterocycles. The van der Waals surface area contributed by atoms with Crippen molar-refractivity contribution in [1.29, 1.82) is 0 Å². The van der Waals surface area contributed by atoms with Crippen molar-refractivity contribution in [3.8, 4) is 5.75 Å². The highest BCUT2D eigenvalue weighted by Gasteiger charge is 2.37. The lowest BCUT2D eigenvalue weighted by Gasteiger charge is -2.27. The van der Waals surface area contributed by atoms with E-state index in [0.29, 0.717) is 10.6 Å². The second-order valence-corrected chi connectivity index (χ2v) is 6.52. The van der Waals surface area contributed by atoms with Crippen LogP contribution < -0.4 is 10.2 Å². The van der Waals surface area contributed by atoms with Crippen LogP contribution in [0.5, 0.6) is 5.75 Å². The topological polar surface area (TPSA) is 86.7 Å². The molecule has 0 saturated carbocycles. The monoisotopic (exact) mass is 410 g/mol. The van der Waals surface area contributed by atoms with Crippen molar-refractivity contribution in [2.75, 3.05) is 4.90 Å². The predicted octanol–water partition coefficient (Wildman–Crippen LogP) is 4.02. The third-order valence-corrected chi connectivity index (χ3v) is 4.38. The van der Waals surface area contributed by atoms with Gasteiger partial charge in [-0.05, 0) is 42.0 Å². The average molecular weight is 412 g/mol. The van der Waals surface area contributed by atoms with Crippen LogP contribution in [0.25, 0.3) is 6.08 Å². The Morgan fingerprint density at radius 3 is 2.35 bits per heavy atom. The Kier molecular flexibility index (Phi) is 4.91. The summed E-state index contributed by atoms with van der Waals surface area (Å²) < 4.78 is 0. The van der Waals surface area contributed by atoms with E-state index in [-0.39, 0.29) is 27.1 Å². The van der Waals surface area contributed by atoms with Gasteiger partial charge in [-0.15, -0.1) is 0 Å². The Balaban J connectivity index is 2.05. The number of aromatic hydroxyl groups is 1. The summed E-state index contributed by atoms with van der Waals surface area (Å²) in [4.78, 5) is 37.7. The van der Waals surface area contributed by atoms with Crippen LogP contribution in [0.2, 0.25) is 15.1 Å². The number of amides is 4. The molecule has 1 aliphatic heterocycles. The molecule has 1 fully saturated rings. The van der Waals surface area contributed by atoms with Gasteiger partial charge in [0.1, 0.15) is 11.3 Å². The first-order valence-electron chi connectivity index (χ1n) is 7.13. The third kappa shape index (κ3) is 3.39. The summed E-state index contributed by atoms with van der Waals surface area (Å²) in [7, 11) is 0. The summed E-state index contributed by atoms with van der Waals surface area (Å²) in [5.41, 5.74) is 0.181. The third-order valence-electron chi connectivity index (χ3n) is 3.54. The molecule has 0 aliphatic carbocycles. The zero-order chi connectivity index (χ0) is 19.0. The number of carbonyl (C=O) groups is 3. The van der Waals surface area contributed by atoms with Gasteiger partial charge < -0.3 is 5.11 Å². The minimum atomic E-state index is -0.926. The molecular formula is C17H9Cl3N2O4. The molecular weight excluding hydrogens is 403 g/mol. The van der Waals surface area contributed by atoms with Gasteiger partial charge in [-0.3, -0.25) is 14.9 Å². The summed E-state index contributed by atoms with van der Waals surface area (Å²) in [6.07, 6.45) is 1.26. The van der Waals surface area contributed by atoms with Crippen LogP contribution >= 0.6 is 34.8 Å². The Morgan fingerprint density at radius 1 is 0.962 bits per heavy atom. The largest absolute Gasteiger partial charge is 0.506 e. The normalized spacial score (nSPS) is 16.2. The molecule has 2 aromatic carbocycles. The average Bonchev–Trinajstić information content (AvgIpc) is 2.56. The van der Waals surface area contributed by atoms with Crippen LogP contribution in [0.3, 0.4) is 0 Å². The molecule has 0 atom stereocenters.